The highest BCUT2D eigenvalue weighted by atomic mass is 32.1. The lowest BCUT2D eigenvalue weighted by atomic mass is 10.1. The zero-order valence-electron chi connectivity index (χ0n) is 8.02. The van der Waals surface area contributed by atoms with Crippen molar-refractivity contribution < 1.29 is 25.6 Å². The Morgan fingerprint density at radius 1 is 1.40 bits per heavy atom. The maximum Gasteiger partial charge on any atom is 0.326 e. The summed E-state index contributed by atoms with van der Waals surface area (Å²) in [5, 5.41) is 19.8. The molecule has 86 valence electrons. The molecule has 0 aliphatic carbocycles. The SMILES string of the molecule is [NH3+]NC(=S)NC(CCCC(=O)O)C(=O)O. The number of rotatable bonds is 6. The van der Waals surface area contributed by atoms with E-state index in [0.717, 1.165) is 0 Å². The van der Waals surface area contributed by atoms with E-state index >= 15 is 0 Å². The molecular weight excluding hydrogens is 222 g/mol. The van der Waals surface area contributed by atoms with Gasteiger partial charge in [0.2, 0.25) is 5.11 Å². The minimum absolute atomic E-state index is 0.0595. The maximum absolute atomic E-state index is 10.7. The van der Waals surface area contributed by atoms with E-state index in [2.05, 4.69) is 28.8 Å². The molecule has 0 aliphatic rings. The minimum Gasteiger partial charge on any atom is -0.481 e. The van der Waals surface area contributed by atoms with Gasteiger partial charge in [-0.1, -0.05) is 0 Å². The number of carboxylic acid groups (broad SMARTS) is 2. The number of nitrogens with one attached hydrogen (secondary N) is 2. The van der Waals surface area contributed by atoms with Crippen LogP contribution in [-0.4, -0.2) is 33.3 Å². The zero-order valence-corrected chi connectivity index (χ0v) is 8.84. The van der Waals surface area contributed by atoms with Crippen LogP contribution < -0.4 is 16.6 Å². The van der Waals surface area contributed by atoms with E-state index in [1.54, 1.807) is 0 Å². The van der Waals surface area contributed by atoms with Gasteiger partial charge < -0.3 is 15.5 Å². The van der Waals surface area contributed by atoms with Crippen molar-refractivity contribution in [3.8, 4) is 0 Å². The van der Waals surface area contributed by atoms with E-state index in [1.807, 2.05) is 0 Å². The van der Waals surface area contributed by atoms with Crippen molar-refractivity contribution in [3.05, 3.63) is 0 Å². The topological polar surface area (TPSA) is 126 Å². The molecule has 0 saturated heterocycles. The van der Waals surface area contributed by atoms with E-state index in [4.69, 9.17) is 10.2 Å². The Kier molecular flexibility index (Phi) is 6.30. The van der Waals surface area contributed by atoms with E-state index in [9.17, 15) is 9.59 Å². The van der Waals surface area contributed by atoms with Crippen LogP contribution in [-0.2, 0) is 9.59 Å². The molecule has 0 amide bonds. The largest absolute Gasteiger partial charge is 0.481 e. The van der Waals surface area contributed by atoms with Gasteiger partial charge in [-0.2, -0.15) is 0 Å². The second-order valence-electron chi connectivity index (χ2n) is 2.83. The molecule has 0 fully saturated rings. The van der Waals surface area contributed by atoms with Crippen LogP contribution >= 0.6 is 12.2 Å². The van der Waals surface area contributed by atoms with Crippen LogP contribution in [0, 0.1) is 0 Å². The van der Waals surface area contributed by atoms with Gasteiger partial charge in [0.05, 0.1) is 0 Å². The van der Waals surface area contributed by atoms with Crippen LogP contribution in [0.3, 0.4) is 0 Å². The molecule has 7 N–H and O–H groups in total. The fourth-order valence-corrected chi connectivity index (χ4v) is 1.07. The fraction of sp³-hybridized carbons (Fsp3) is 0.571. The number of hydrogen-bond acceptors (Lipinski definition) is 3. The van der Waals surface area contributed by atoms with Gasteiger partial charge >= 0.3 is 11.9 Å². The van der Waals surface area contributed by atoms with Crippen LogP contribution in [0.25, 0.3) is 0 Å². The Labute approximate surface area is 91.6 Å². The standard InChI is InChI=1S/C7H13N3O4S/c8-10-7(15)9-4(6(13)14)2-1-3-5(11)12/h4H,1-3,8H2,(H,11,12)(H,13,14)(H2,9,10,15)/p+1. The molecule has 0 rings (SSSR count). The van der Waals surface area contributed by atoms with Gasteiger partial charge in [0.25, 0.3) is 0 Å². The lowest BCUT2D eigenvalue weighted by Crippen LogP contribution is -2.70. The molecule has 0 aliphatic heterocycles. The molecule has 0 aromatic carbocycles. The summed E-state index contributed by atoms with van der Waals surface area (Å²) in [6.45, 7) is 0. The molecule has 0 radical (unpaired) electrons. The number of quaternary nitrogens is 1. The van der Waals surface area contributed by atoms with Crippen molar-refractivity contribution in [3.63, 3.8) is 0 Å². The Morgan fingerprint density at radius 2 is 2.00 bits per heavy atom. The number of carboxylic acids is 2. The van der Waals surface area contributed by atoms with Crippen molar-refractivity contribution in [2.75, 3.05) is 0 Å². The molecular formula is C7H14N3O4S+. The second-order valence-corrected chi connectivity index (χ2v) is 3.24. The lowest BCUT2D eigenvalue weighted by Gasteiger charge is -2.13. The Hall–Kier alpha value is -1.41. The van der Waals surface area contributed by atoms with E-state index < -0.39 is 18.0 Å². The van der Waals surface area contributed by atoms with Crippen LogP contribution in [0.4, 0.5) is 0 Å². The van der Waals surface area contributed by atoms with Crippen molar-refractivity contribution in [2.45, 2.75) is 25.3 Å². The quantitative estimate of drug-likeness (QED) is 0.275. The van der Waals surface area contributed by atoms with Crippen molar-refractivity contribution >= 4 is 29.3 Å². The van der Waals surface area contributed by atoms with Crippen LogP contribution in [0.1, 0.15) is 19.3 Å². The van der Waals surface area contributed by atoms with E-state index in [1.165, 1.54) is 0 Å². The predicted octanol–water partition coefficient (Wildman–Crippen LogP) is -1.68. The summed E-state index contributed by atoms with van der Waals surface area (Å²) >= 11 is 4.69. The van der Waals surface area contributed by atoms with E-state index in [-0.39, 0.29) is 24.4 Å². The smallest absolute Gasteiger partial charge is 0.326 e. The third-order valence-corrected chi connectivity index (χ3v) is 1.91. The van der Waals surface area contributed by atoms with Gasteiger partial charge in [0, 0.05) is 6.42 Å². The van der Waals surface area contributed by atoms with Gasteiger partial charge in [0.1, 0.15) is 6.04 Å². The first-order chi connectivity index (χ1) is 6.97. The summed E-state index contributed by atoms with van der Waals surface area (Å²) < 4.78 is 0. The van der Waals surface area contributed by atoms with Crippen LogP contribution in [0.5, 0.6) is 0 Å². The summed E-state index contributed by atoms with van der Waals surface area (Å²) in [6, 6.07) is -0.883. The summed E-state index contributed by atoms with van der Waals surface area (Å²) in [6.07, 6.45) is 0.415. The minimum atomic E-state index is -1.07. The van der Waals surface area contributed by atoms with Crippen molar-refractivity contribution in [1.29, 1.82) is 0 Å². The Balaban J connectivity index is 4.00. The first-order valence-electron chi connectivity index (χ1n) is 4.25. The molecule has 15 heavy (non-hydrogen) atoms. The van der Waals surface area contributed by atoms with Gasteiger partial charge in [-0.25, -0.2) is 10.2 Å². The average Bonchev–Trinajstić information content (AvgIpc) is 2.15. The summed E-state index contributed by atoms with van der Waals surface area (Å²) in [5.74, 6) is 1.25. The Bertz CT molecular complexity index is 259. The average molecular weight is 236 g/mol. The molecule has 0 spiro atoms. The molecule has 0 heterocycles. The number of aliphatic carboxylic acids is 2. The molecule has 0 saturated carbocycles. The highest BCUT2D eigenvalue weighted by Crippen LogP contribution is 2.01. The Morgan fingerprint density at radius 3 is 2.40 bits per heavy atom. The van der Waals surface area contributed by atoms with Crippen molar-refractivity contribution in [2.24, 2.45) is 0 Å². The van der Waals surface area contributed by atoms with Gasteiger partial charge in [-0.3, -0.25) is 10.6 Å². The number of hydrogen-bond donors (Lipinski definition) is 5. The predicted molar refractivity (Wildman–Crippen MR) is 54.7 cm³/mol. The van der Waals surface area contributed by atoms with Crippen LogP contribution in [0.15, 0.2) is 0 Å². The molecule has 1 atom stereocenters. The van der Waals surface area contributed by atoms with Crippen molar-refractivity contribution in [1.82, 2.24) is 10.7 Å². The third-order valence-electron chi connectivity index (χ3n) is 1.65. The third kappa shape index (κ3) is 6.63. The lowest BCUT2D eigenvalue weighted by molar-refractivity contribution is -0.419. The fourth-order valence-electron chi connectivity index (χ4n) is 0.924. The van der Waals surface area contributed by atoms with Crippen LogP contribution in [0.2, 0.25) is 0 Å². The molecule has 1 unspecified atom stereocenters. The molecule has 0 aromatic heterocycles. The maximum atomic E-state index is 10.7. The van der Waals surface area contributed by atoms with Gasteiger partial charge in [0.15, 0.2) is 0 Å². The monoisotopic (exact) mass is 236 g/mol. The summed E-state index contributed by atoms with van der Waals surface area (Å²) in [4.78, 5) is 20.9. The first-order valence-corrected chi connectivity index (χ1v) is 4.66. The second kappa shape index (κ2) is 6.96. The molecule has 8 heteroatoms. The normalized spacial score (nSPS) is 11.5. The molecule has 7 nitrogen and oxygen atoms in total. The highest BCUT2D eigenvalue weighted by molar-refractivity contribution is 7.80. The van der Waals surface area contributed by atoms with Gasteiger partial charge in [-0.15, -0.1) is 0 Å². The zero-order chi connectivity index (χ0) is 11.8. The highest BCUT2D eigenvalue weighted by Gasteiger charge is 2.18. The summed E-state index contributed by atoms with van der Waals surface area (Å²) in [7, 11) is 0. The van der Waals surface area contributed by atoms with Gasteiger partial charge in [-0.05, 0) is 25.1 Å². The first kappa shape index (κ1) is 13.6. The molecule has 0 aromatic rings. The molecule has 0 bridgehead atoms. The van der Waals surface area contributed by atoms with E-state index in [0.29, 0.717) is 0 Å². The number of thiocarbonyl (C=S) groups is 1. The number of carbonyl (C=O) groups is 2. The summed E-state index contributed by atoms with van der Waals surface area (Å²) in [5.41, 5.74) is 2.34.